The Hall–Kier alpha value is -0.150. The Kier molecular flexibility index (Phi) is 2.09. The van der Waals surface area contributed by atoms with Crippen LogP contribution in [0.3, 0.4) is 0 Å². The Bertz CT molecular complexity index is 136. The third-order valence-electron chi connectivity index (χ3n) is 2.60. The predicted molar refractivity (Wildman–Crippen MR) is 42.3 cm³/mol. The molecule has 3 heteroatoms. The molecular formula is C8H15FN2. The summed E-state index contributed by atoms with van der Waals surface area (Å²) in [6.07, 6.45) is 0.197. The molecule has 2 heterocycles. The quantitative estimate of drug-likeness (QED) is 0.619. The van der Waals surface area contributed by atoms with Crippen molar-refractivity contribution >= 4 is 0 Å². The Morgan fingerprint density at radius 2 is 2.27 bits per heavy atom. The van der Waals surface area contributed by atoms with E-state index in [1.54, 1.807) is 0 Å². The second-order valence-corrected chi connectivity index (χ2v) is 3.67. The highest BCUT2D eigenvalue weighted by Gasteiger charge is 2.26. The number of nitrogens with one attached hydrogen (secondary N) is 1. The number of hydrogen-bond donors (Lipinski definition) is 1. The summed E-state index contributed by atoms with van der Waals surface area (Å²) in [6, 6.07) is 0. The standard InChI is InChI=1S/C8H15FN2/c9-8-1-2-11(6-8)5-7-3-10-4-7/h7-8,10H,1-6H2/t8-/m1/s1. The molecule has 0 bridgehead atoms. The van der Waals surface area contributed by atoms with Crippen molar-refractivity contribution in [3.8, 4) is 0 Å². The second kappa shape index (κ2) is 3.07. The minimum absolute atomic E-state index is 0.553. The Labute approximate surface area is 66.8 Å². The molecular weight excluding hydrogens is 143 g/mol. The second-order valence-electron chi connectivity index (χ2n) is 3.67. The first-order valence-corrected chi connectivity index (χ1v) is 4.42. The molecule has 2 rings (SSSR count). The SMILES string of the molecule is F[C@@H]1CCN(CC2CNC2)C1. The van der Waals surface area contributed by atoms with Gasteiger partial charge in [0.2, 0.25) is 0 Å². The van der Waals surface area contributed by atoms with Crippen LogP contribution in [-0.4, -0.2) is 43.8 Å². The van der Waals surface area contributed by atoms with E-state index >= 15 is 0 Å². The number of halogens is 1. The lowest BCUT2D eigenvalue weighted by Crippen LogP contribution is -2.47. The first-order chi connectivity index (χ1) is 5.34. The summed E-state index contributed by atoms with van der Waals surface area (Å²) >= 11 is 0. The summed E-state index contributed by atoms with van der Waals surface area (Å²) in [4.78, 5) is 2.25. The van der Waals surface area contributed by atoms with Crippen molar-refractivity contribution < 1.29 is 4.39 Å². The van der Waals surface area contributed by atoms with Crippen LogP contribution in [0.4, 0.5) is 4.39 Å². The molecule has 1 N–H and O–H groups in total. The molecule has 11 heavy (non-hydrogen) atoms. The summed E-state index contributed by atoms with van der Waals surface area (Å²) < 4.78 is 12.7. The van der Waals surface area contributed by atoms with E-state index in [9.17, 15) is 4.39 Å². The van der Waals surface area contributed by atoms with E-state index < -0.39 is 6.17 Å². The van der Waals surface area contributed by atoms with Crippen LogP contribution in [0.2, 0.25) is 0 Å². The predicted octanol–water partition coefficient (Wildman–Crippen LogP) is 0.250. The lowest BCUT2D eigenvalue weighted by atomic mass is 10.0. The van der Waals surface area contributed by atoms with Gasteiger partial charge in [-0.3, -0.25) is 4.90 Å². The molecule has 0 saturated carbocycles. The summed E-state index contributed by atoms with van der Waals surface area (Å²) in [7, 11) is 0. The van der Waals surface area contributed by atoms with Gasteiger partial charge in [-0.2, -0.15) is 0 Å². The van der Waals surface area contributed by atoms with Crippen LogP contribution < -0.4 is 5.32 Å². The van der Waals surface area contributed by atoms with Gasteiger partial charge in [-0.1, -0.05) is 0 Å². The normalized spacial score (nSPS) is 34.1. The van der Waals surface area contributed by atoms with Crippen molar-refractivity contribution in [3.63, 3.8) is 0 Å². The van der Waals surface area contributed by atoms with E-state index in [2.05, 4.69) is 10.2 Å². The minimum atomic E-state index is -0.553. The molecule has 1 atom stereocenters. The molecule has 2 aliphatic rings. The molecule has 0 radical (unpaired) electrons. The van der Waals surface area contributed by atoms with Gasteiger partial charge in [0.1, 0.15) is 6.17 Å². The fourth-order valence-corrected chi connectivity index (χ4v) is 1.79. The average Bonchev–Trinajstić information content (AvgIpc) is 2.27. The zero-order valence-electron chi connectivity index (χ0n) is 6.72. The maximum absolute atomic E-state index is 12.7. The first kappa shape index (κ1) is 7.50. The molecule has 64 valence electrons. The van der Waals surface area contributed by atoms with Gasteiger partial charge in [0.05, 0.1) is 0 Å². The van der Waals surface area contributed by atoms with Crippen molar-refractivity contribution in [2.75, 3.05) is 32.7 Å². The van der Waals surface area contributed by atoms with Crippen LogP contribution in [0, 0.1) is 5.92 Å². The minimum Gasteiger partial charge on any atom is -0.316 e. The van der Waals surface area contributed by atoms with E-state index in [0.717, 1.165) is 38.5 Å². The van der Waals surface area contributed by atoms with Crippen LogP contribution in [0.5, 0.6) is 0 Å². The Balaban J connectivity index is 1.70. The molecule has 0 amide bonds. The van der Waals surface area contributed by atoms with Crippen molar-refractivity contribution in [2.24, 2.45) is 5.92 Å². The number of likely N-dealkylation sites (tertiary alicyclic amines) is 1. The average molecular weight is 158 g/mol. The zero-order chi connectivity index (χ0) is 7.68. The van der Waals surface area contributed by atoms with Crippen molar-refractivity contribution in [3.05, 3.63) is 0 Å². The van der Waals surface area contributed by atoms with Crippen LogP contribution in [0.15, 0.2) is 0 Å². The maximum Gasteiger partial charge on any atom is 0.114 e. The summed E-state index contributed by atoms with van der Waals surface area (Å²) in [6.45, 7) is 5.02. The number of alkyl halides is 1. The molecule has 2 fully saturated rings. The van der Waals surface area contributed by atoms with Gasteiger partial charge in [-0.05, 0) is 12.3 Å². The van der Waals surface area contributed by atoms with Crippen molar-refractivity contribution in [1.29, 1.82) is 0 Å². The van der Waals surface area contributed by atoms with Crippen molar-refractivity contribution in [2.45, 2.75) is 12.6 Å². The monoisotopic (exact) mass is 158 g/mol. The largest absolute Gasteiger partial charge is 0.316 e. The lowest BCUT2D eigenvalue weighted by Gasteiger charge is -2.30. The molecule has 0 aromatic heterocycles. The van der Waals surface area contributed by atoms with Crippen LogP contribution in [0.25, 0.3) is 0 Å². The van der Waals surface area contributed by atoms with Crippen molar-refractivity contribution in [1.82, 2.24) is 10.2 Å². The molecule has 2 nitrogen and oxygen atoms in total. The molecule has 2 aliphatic heterocycles. The van der Waals surface area contributed by atoms with Gasteiger partial charge in [-0.25, -0.2) is 4.39 Å². The van der Waals surface area contributed by atoms with Crippen LogP contribution in [-0.2, 0) is 0 Å². The third-order valence-corrected chi connectivity index (χ3v) is 2.60. The topological polar surface area (TPSA) is 15.3 Å². The molecule has 0 aromatic carbocycles. The van der Waals surface area contributed by atoms with Crippen LogP contribution >= 0.6 is 0 Å². The Morgan fingerprint density at radius 3 is 2.73 bits per heavy atom. The fourth-order valence-electron chi connectivity index (χ4n) is 1.79. The van der Waals surface area contributed by atoms with Gasteiger partial charge in [-0.15, -0.1) is 0 Å². The van der Waals surface area contributed by atoms with E-state index in [1.807, 2.05) is 0 Å². The summed E-state index contributed by atoms with van der Waals surface area (Å²) in [5.41, 5.74) is 0. The molecule has 0 aromatic rings. The zero-order valence-corrected chi connectivity index (χ0v) is 6.72. The number of rotatable bonds is 2. The van der Waals surface area contributed by atoms with E-state index in [0.29, 0.717) is 6.54 Å². The fraction of sp³-hybridized carbons (Fsp3) is 1.00. The summed E-state index contributed by atoms with van der Waals surface area (Å²) in [5, 5.41) is 3.23. The third kappa shape index (κ3) is 1.71. The number of hydrogen-bond acceptors (Lipinski definition) is 2. The molecule has 2 saturated heterocycles. The molecule has 0 unspecified atom stereocenters. The van der Waals surface area contributed by atoms with Crippen LogP contribution in [0.1, 0.15) is 6.42 Å². The van der Waals surface area contributed by atoms with E-state index in [1.165, 1.54) is 0 Å². The Morgan fingerprint density at radius 1 is 1.45 bits per heavy atom. The number of nitrogens with zero attached hydrogens (tertiary/aromatic N) is 1. The van der Waals surface area contributed by atoms with Gasteiger partial charge >= 0.3 is 0 Å². The smallest absolute Gasteiger partial charge is 0.114 e. The highest BCUT2D eigenvalue weighted by atomic mass is 19.1. The lowest BCUT2D eigenvalue weighted by molar-refractivity contribution is 0.211. The maximum atomic E-state index is 12.7. The summed E-state index contributed by atoms with van der Waals surface area (Å²) in [5.74, 6) is 0.792. The van der Waals surface area contributed by atoms with Gasteiger partial charge in [0.25, 0.3) is 0 Å². The van der Waals surface area contributed by atoms with E-state index in [-0.39, 0.29) is 0 Å². The van der Waals surface area contributed by atoms with Gasteiger partial charge in [0, 0.05) is 32.7 Å². The first-order valence-electron chi connectivity index (χ1n) is 4.42. The van der Waals surface area contributed by atoms with E-state index in [4.69, 9.17) is 0 Å². The van der Waals surface area contributed by atoms with Gasteiger partial charge < -0.3 is 5.32 Å². The highest BCUT2D eigenvalue weighted by molar-refractivity contribution is 4.82. The molecule has 0 spiro atoms. The highest BCUT2D eigenvalue weighted by Crippen LogP contribution is 2.15. The molecule has 0 aliphatic carbocycles. The van der Waals surface area contributed by atoms with Gasteiger partial charge in [0.15, 0.2) is 0 Å².